The second-order valence-electron chi connectivity index (χ2n) is 9.18. The molecule has 0 radical (unpaired) electrons. The summed E-state index contributed by atoms with van der Waals surface area (Å²) in [5.74, 6) is -0.686. The number of para-hydroxylation sites is 1. The van der Waals surface area contributed by atoms with E-state index in [0.29, 0.717) is 18.7 Å². The molecule has 0 saturated carbocycles. The fraction of sp³-hybridized carbons (Fsp3) is 0.333. The lowest BCUT2D eigenvalue weighted by molar-refractivity contribution is -0.140. The van der Waals surface area contributed by atoms with E-state index in [1.807, 2.05) is 45.0 Å². The van der Waals surface area contributed by atoms with Gasteiger partial charge in [0.2, 0.25) is 11.8 Å². The number of anilines is 1. The minimum absolute atomic E-state index is 0.0893. The van der Waals surface area contributed by atoms with E-state index in [9.17, 15) is 18.0 Å². The van der Waals surface area contributed by atoms with Crippen molar-refractivity contribution < 1.29 is 18.0 Å². The summed E-state index contributed by atoms with van der Waals surface area (Å²) in [6.07, 6.45) is 2.17. The highest BCUT2D eigenvalue weighted by molar-refractivity contribution is 7.92. The molecule has 38 heavy (non-hydrogen) atoms. The Hall–Kier alpha value is -3.65. The maximum atomic E-state index is 14.0. The summed E-state index contributed by atoms with van der Waals surface area (Å²) in [6.45, 7) is 6.14. The van der Waals surface area contributed by atoms with E-state index in [2.05, 4.69) is 5.32 Å². The van der Waals surface area contributed by atoms with Crippen LogP contribution in [-0.4, -0.2) is 44.3 Å². The van der Waals surface area contributed by atoms with Crippen molar-refractivity contribution >= 4 is 27.5 Å². The van der Waals surface area contributed by atoms with Gasteiger partial charge in [-0.1, -0.05) is 80.9 Å². The van der Waals surface area contributed by atoms with Crippen molar-refractivity contribution in [2.75, 3.05) is 17.4 Å². The molecule has 0 saturated heterocycles. The van der Waals surface area contributed by atoms with Crippen molar-refractivity contribution in [3.8, 4) is 0 Å². The molecule has 0 aliphatic heterocycles. The Balaban J connectivity index is 2.01. The van der Waals surface area contributed by atoms with Crippen molar-refractivity contribution in [2.24, 2.45) is 0 Å². The lowest BCUT2D eigenvalue weighted by Gasteiger charge is -2.33. The lowest BCUT2D eigenvalue weighted by Crippen LogP contribution is -2.52. The molecule has 0 heterocycles. The summed E-state index contributed by atoms with van der Waals surface area (Å²) in [4.78, 5) is 28.8. The fourth-order valence-electron chi connectivity index (χ4n) is 4.24. The number of hydrogen-bond acceptors (Lipinski definition) is 4. The number of nitrogens with zero attached hydrogens (tertiary/aromatic N) is 2. The Morgan fingerprint density at radius 1 is 0.868 bits per heavy atom. The molecule has 0 aromatic heterocycles. The SMILES string of the molecule is CCCCNC(=O)C(CC)N(Cc1ccccc1C)C(=O)CN(c1ccccc1)S(=O)(=O)c1ccccc1. The molecule has 8 heteroatoms. The first-order valence-corrected chi connectivity index (χ1v) is 14.5. The van der Waals surface area contributed by atoms with Crippen LogP contribution in [-0.2, 0) is 26.2 Å². The number of hydrogen-bond donors (Lipinski definition) is 1. The maximum absolute atomic E-state index is 14.0. The quantitative estimate of drug-likeness (QED) is 0.315. The number of aryl methyl sites for hydroxylation is 1. The summed E-state index contributed by atoms with van der Waals surface area (Å²) in [6, 6.07) is 23.6. The minimum Gasteiger partial charge on any atom is -0.354 e. The number of amides is 2. The third-order valence-electron chi connectivity index (χ3n) is 6.47. The monoisotopic (exact) mass is 535 g/mol. The lowest BCUT2D eigenvalue weighted by atomic mass is 10.1. The van der Waals surface area contributed by atoms with Crippen LogP contribution in [0.2, 0.25) is 0 Å². The molecule has 1 atom stereocenters. The van der Waals surface area contributed by atoms with E-state index >= 15 is 0 Å². The zero-order valence-corrected chi connectivity index (χ0v) is 23.2. The van der Waals surface area contributed by atoms with Gasteiger partial charge in [0.05, 0.1) is 10.6 Å². The Kier molecular flexibility index (Phi) is 10.5. The number of unbranched alkanes of at least 4 members (excludes halogenated alkanes) is 1. The van der Waals surface area contributed by atoms with Gasteiger partial charge < -0.3 is 10.2 Å². The first-order valence-electron chi connectivity index (χ1n) is 13.0. The molecule has 3 aromatic carbocycles. The van der Waals surface area contributed by atoms with Crippen molar-refractivity contribution in [3.63, 3.8) is 0 Å². The first-order chi connectivity index (χ1) is 18.3. The minimum atomic E-state index is -4.05. The van der Waals surface area contributed by atoms with Crippen LogP contribution in [0.15, 0.2) is 89.8 Å². The Bertz CT molecular complexity index is 1300. The molecule has 0 fully saturated rings. The number of sulfonamides is 1. The van der Waals surface area contributed by atoms with E-state index in [1.54, 1.807) is 48.5 Å². The molecule has 7 nitrogen and oxygen atoms in total. The van der Waals surface area contributed by atoms with E-state index in [1.165, 1.54) is 17.0 Å². The van der Waals surface area contributed by atoms with Gasteiger partial charge in [-0.2, -0.15) is 0 Å². The maximum Gasteiger partial charge on any atom is 0.264 e. The molecule has 0 bridgehead atoms. The molecule has 2 amide bonds. The van der Waals surface area contributed by atoms with Crippen LogP contribution >= 0.6 is 0 Å². The smallest absolute Gasteiger partial charge is 0.264 e. The van der Waals surface area contributed by atoms with Crippen molar-refractivity contribution in [2.45, 2.75) is 57.5 Å². The van der Waals surface area contributed by atoms with E-state index < -0.39 is 28.5 Å². The Morgan fingerprint density at radius 3 is 2.08 bits per heavy atom. The second-order valence-corrected chi connectivity index (χ2v) is 11.0. The molecule has 0 spiro atoms. The van der Waals surface area contributed by atoms with Gasteiger partial charge >= 0.3 is 0 Å². The van der Waals surface area contributed by atoms with Crippen LogP contribution in [0.3, 0.4) is 0 Å². The molecular weight excluding hydrogens is 498 g/mol. The van der Waals surface area contributed by atoms with Gasteiger partial charge in [-0.3, -0.25) is 13.9 Å². The zero-order chi connectivity index (χ0) is 27.5. The average molecular weight is 536 g/mol. The molecular formula is C30H37N3O4S. The van der Waals surface area contributed by atoms with Gasteiger partial charge in [0.1, 0.15) is 12.6 Å². The third kappa shape index (κ3) is 7.22. The third-order valence-corrected chi connectivity index (χ3v) is 8.26. The molecule has 0 aliphatic rings. The largest absolute Gasteiger partial charge is 0.354 e. The van der Waals surface area contributed by atoms with E-state index in [-0.39, 0.29) is 17.3 Å². The predicted molar refractivity (Wildman–Crippen MR) is 151 cm³/mol. The van der Waals surface area contributed by atoms with Crippen LogP contribution in [0, 0.1) is 6.92 Å². The van der Waals surface area contributed by atoms with Crippen molar-refractivity contribution in [3.05, 3.63) is 96.1 Å². The molecule has 3 aromatic rings. The van der Waals surface area contributed by atoms with Crippen LogP contribution in [0.25, 0.3) is 0 Å². The molecule has 1 N–H and O–H groups in total. The standard InChI is InChI=1S/C30H37N3O4S/c1-4-6-21-31-30(35)28(5-2)32(22-25-16-14-13-15-24(25)3)29(34)23-33(26-17-9-7-10-18-26)38(36,37)27-19-11-8-12-20-27/h7-20,28H,4-6,21-23H2,1-3H3,(H,31,35). The highest BCUT2D eigenvalue weighted by Crippen LogP contribution is 2.24. The van der Waals surface area contributed by atoms with Crippen molar-refractivity contribution in [1.82, 2.24) is 10.2 Å². The van der Waals surface area contributed by atoms with Gasteiger partial charge in [0, 0.05) is 13.1 Å². The van der Waals surface area contributed by atoms with Gasteiger partial charge in [0.25, 0.3) is 10.0 Å². The molecule has 0 aliphatic carbocycles. The number of carbonyl (C=O) groups is 2. The van der Waals surface area contributed by atoms with Crippen LogP contribution in [0.5, 0.6) is 0 Å². The van der Waals surface area contributed by atoms with Crippen molar-refractivity contribution in [1.29, 1.82) is 0 Å². The predicted octanol–water partition coefficient (Wildman–Crippen LogP) is 4.91. The summed E-state index contributed by atoms with van der Waals surface area (Å²) in [5, 5.41) is 2.95. The Morgan fingerprint density at radius 2 is 1.47 bits per heavy atom. The topological polar surface area (TPSA) is 86.8 Å². The summed E-state index contributed by atoms with van der Waals surface area (Å²) < 4.78 is 28.6. The molecule has 3 rings (SSSR count). The summed E-state index contributed by atoms with van der Waals surface area (Å²) in [7, 11) is -4.05. The average Bonchev–Trinajstić information content (AvgIpc) is 2.93. The van der Waals surface area contributed by atoms with Crippen LogP contribution in [0.1, 0.15) is 44.2 Å². The van der Waals surface area contributed by atoms with E-state index in [4.69, 9.17) is 0 Å². The first kappa shape index (κ1) is 28.9. The zero-order valence-electron chi connectivity index (χ0n) is 22.3. The number of nitrogens with one attached hydrogen (secondary N) is 1. The van der Waals surface area contributed by atoms with Gasteiger partial charge in [-0.05, 0) is 55.2 Å². The number of carbonyl (C=O) groups excluding carboxylic acids is 2. The van der Waals surface area contributed by atoms with Gasteiger partial charge in [-0.15, -0.1) is 0 Å². The summed E-state index contributed by atoms with van der Waals surface area (Å²) >= 11 is 0. The number of benzene rings is 3. The van der Waals surface area contributed by atoms with Crippen LogP contribution < -0.4 is 9.62 Å². The van der Waals surface area contributed by atoms with Gasteiger partial charge in [-0.25, -0.2) is 8.42 Å². The normalized spacial score (nSPS) is 12.0. The second kappa shape index (κ2) is 13.8. The highest BCUT2D eigenvalue weighted by Gasteiger charge is 2.33. The Labute approximate surface area is 226 Å². The van der Waals surface area contributed by atoms with Gasteiger partial charge in [0.15, 0.2) is 0 Å². The van der Waals surface area contributed by atoms with Crippen LogP contribution in [0.4, 0.5) is 5.69 Å². The molecule has 202 valence electrons. The summed E-state index contributed by atoms with van der Waals surface area (Å²) in [5.41, 5.74) is 2.27. The molecule has 1 unspecified atom stereocenters. The fourth-order valence-corrected chi connectivity index (χ4v) is 5.67. The highest BCUT2D eigenvalue weighted by atomic mass is 32.2. The van der Waals surface area contributed by atoms with E-state index in [0.717, 1.165) is 28.3 Å². The number of rotatable bonds is 13.